The number of halogens is 3. The zero-order chi connectivity index (χ0) is 15.3. The largest absolute Gasteiger partial charge is 0.416 e. The summed E-state index contributed by atoms with van der Waals surface area (Å²) in [6, 6.07) is 3.97. The van der Waals surface area contributed by atoms with Crippen LogP contribution in [0.3, 0.4) is 0 Å². The molecule has 0 amide bonds. The normalized spacial score (nSPS) is 20.0. The van der Waals surface area contributed by atoms with Crippen LogP contribution < -0.4 is 0 Å². The zero-order valence-electron chi connectivity index (χ0n) is 12.3. The second-order valence-electron chi connectivity index (χ2n) is 6.94. The van der Waals surface area contributed by atoms with Crippen LogP contribution in [0.15, 0.2) is 24.4 Å². The van der Waals surface area contributed by atoms with Crippen LogP contribution >= 0.6 is 0 Å². The highest BCUT2D eigenvalue weighted by Crippen LogP contribution is 2.44. The lowest BCUT2D eigenvalue weighted by Gasteiger charge is -2.34. The highest BCUT2D eigenvalue weighted by Gasteiger charge is 2.32. The van der Waals surface area contributed by atoms with E-state index >= 15 is 0 Å². The number of H-pyrrole nitrogens is 1. The van der Waals surface area contributed by atoms with Crippen LogP contribution in [-0.2, 0) is 6.18 Å². The molecule has 0 radical (unpaired) electrons. The van der Waals surface area contributed by atoms with Gasteiger partial charge in [0.15, 0.2) is 0 Å². The summed E-state index contributed by atoms with van der Waals surface area (Å²) >= 11 is 0. The Kier molecular flexibility index (Phi) is 3.30. The summed E-state index contributed by atoms with van der Waals surface area (Å²) in [5.74, 6) is 0.371. The first kappa shape index (κ1) is 14.5. The van der Waals surface area contributed by atoms with Gasteiger partial charge in [-0.1, -0.05) is 13.8 Å². The third kappa shape index (κ3) is 2.81. The summed E-state index contributed by atoms with van der Waals surface area (Å²) in [6.45, 7) is 4.53. The summed E-state index contributed by atoms with van der Waals surface area (Å²) in [7, 11) is 0. The van der Waals surface area contributed by atoms with Crippen LogP contribution in [0, 0.1) is 5.41 Å². The fourth-order valence-corrected chi connectivity index (χ4v) is 3.37. The SMILES string of the molecule is CC1(C)CCC(c2c[nH]c3ccc(C(F)(F)F)cc23)CC1. The second kappa shape index (κ2) is 4.79. The van der Waals surface area contributed by atoms with Gasteiger partial charge in [0.25, 0.3) is 0 Å². The Bertz CT molecular complexity index is 642. The Balaban J connectivity index is 1.96. The van der Waals surface area contributed by atoms with Crippen molar-refractivity contribution in [1.29, 1.82) is 0 Å². The highest BCUT2D eigenvalue weighted by atomic mass is 19.4. The Morgan fingerprint density at radius 1 is 1.14 bits per heavy atom. The molecule has 0 aliphatic heterocycles. The number of benzene rings is 1. The molecule has 1 aromatic carbocycles. The second-order valence-corrected chi connectivity index (χ2v) is 6.94. The lowest BCUT2D eigenvalue weighted by atomic mass is 9.71. The van der Waals surface area contributed by atoms with Crippen molar-refractivity contribution >= 4 is 10.9 Å². The molecule has 1 heterocycles. The van der Waals surface area contributed by atoms with Crippen molar-refractivity contribution in [3.8, 4) is 0 Å². The van der Waals surface area contributed by atoms with Gasteiger partial charge < -0.3 is 4.98 Å². The first-order valence-electron chi connectivity index (χ1n) is 7.44. The van der Waals surface area contributed by atoms with Gasteiger partial charge in [0.05, 0.1) is 5.56 Å². The fourth-order valence-electron chi connectivity index (χ4n) is 3.37. The van der Waals surface area contributed by atoms with Crippen molar-refractivity contribution in [3.63, 3.8) is 0 Å². The van der Waals surface area contributed by atoms with Gasteiger partial charge in [-0.05, 0) is 60.8 Å². The molecule has 1 saturated carbocycles. The van der Waals surface area contributed by atoms with Gasteiger partial charge in [0.1, 0.15) is 0 Å². The number of aromatic nitrogens is 1. The van der Waals surface area contributed by atoms with Gasteiger partial charge in [0.2, 0.25) is 0 Å². The number of rotatable bonds is 1. The van der Waals surface area contributed by atoms with Crippen molar-refractivity contribution in [2.75, 3.05) is 0 Å². The number of hydrogen-bond acceptors (Lipinski definition) is 0. The van der Waals surface area contributed by atoms with Crippen LogP contribution in [0.2, 0.25) is 0 Å². The quantitative estimate of drug-likeness (QED) is 0.677. The molecule has 0 saturated heterocycles. The van der Waals surface area contributed by atoms with E-state index in [0.717, 1.165) is 48.2 Å². The average Bonchev–Trinajstić information content (AvgIpc) is 2.81. The maximum absolute atomic E-state index is 12.9. The van der Waals surface area contributed by atoms with E-state index in [1.807, 2.05) is 6.20 Å². The molecule has 2 aromatic rings. The van der Waals surface area contributed by atoms with Crippen LogP contribution in [-0.4, -0.2) is 4.98 Å². The molecule has 1 aliphatic rings. The monoisotopic (exact) mass is 295 g/mol. The van der Waals surface area contributed by atoms with Crippen LogP contribution in [0.25, 0.3) is 10.9 Å². The minimum Gasteiger partial charge on any atom is -0.361 e. The smallest absolute Gasteiger partial charge is 0.361 e. The van der Waals surface area contributed by atoms with Gasteiger partial charge in [0, 0.05) is 17.1 Å². The predicted octanol–water partition coefficient (Wildman–Crippen LogP) is 5.87. The van der Waals surface area contributed by atoms with E-state index in [1.165, 1.54) is 12.1 Å². The molecule has 1 aromatic heterocycles. The summed E-state index contributed by atoms with van der Waals surface area (Å²) in [5.41, 5.74) is 1.64. The van der Waals surface area contributed by atoms with Gasteiger partial charge >= 0.3 is 6.18 Å². The van der Waals surface area contributed by atoms with Crippen molar-refractivity contribution < 1.29 is 13.2 Å². The number of aromatic amines is 1. The average molecular weight is 295 g/mol. The molecular weight excluding hydrogens is 275 g/mol. The summed E-state index contributed by atoms with van der Waals surface area (Å²) in [5, 5.41) is 0.731. The Morgan fingerprint density at radius 3 is 2.43 bits per heavy atom. The molecule has 0 spiro atoms. The molecule has 114 valence electrons. The third-order valence-electron chi connectivity index (χ3n) is 4.82. The van der Waals surface area contributed by atoms with Gasteiger partial charge in [-0.3, -0.25) is 0 Å². The third-order valence-corrected chi connectivity index (χ3v) is 4.82. The standard InChI is InChI=1S/C17H20F3N/c1-16(2)7-5-11(6-8-16)14-10-21-15-4-3-12(9-13(14)15)17(18,19)20/h3-4,9-11,21H,5-8H2,1-2H3. The summed E-state index contributed by atoms with van der Waals surface area (Å²) in [6.07, 6.45) is 1.98. The molecule has 0 unspecified atom stereocenters. The number of nitrogens with one attached hydrogen (secondary N) is 1. The van der Waals surface area contributed by atoms with E-state index in [-0.39, 0.29) is 0 Å². The van der Waals surface area contributed by atoms with Gasteiger partial charge in [-0.15, -0.1) is 0 Å². The Morgan fingerprint density at radius 2 is 1.81 bits per heavy atom. The minimum atomic E-state index is -4.28. The van der Waals surface area contributed by atoms with Crippen molar-refractivity contribution in [2.45, 2.75) is 51.6 Å². The van der Waals surface area contributed by atoms with E-state index in [4.69, 9.17) is 0 Å². The van der Waals surface area contributed by atoms with E-state index in [1.54, 1.807) is 0 Å². The molecule has 3 rings (SSSR count). The van der Waals surface area contributed by atoms with Crippen molar-refractivity contribution in [2.24, 2.45) is 5.41 Å². The minimum absolute atomic E-state index is 0.361. The molecule has 1 fully saturated rings. The van der Waals surface area contributed by atoms with E-state index in [9.17, 15) is 13.2 Å². The molecule has 4 heteroatoms. The lowest BCUT2D eigenvalue weighted by molar-refractivity contribution is -0.137. The summed E-state index contributed by atoms with van der Waals surface area (Å²) < 4.78 is 38.7. The number of alkyl halides is 3. The number of hydrogen-bond donors (Lipinski definition) is 1. The van der Waals surface area contributed by atoms with Crippen LogP contribution in [0.1, 0.15) is 56.6 Å². The maximum Gasteiger partial charge on any atom is 0.416 e. The summed E-state index contributed by atoms with van der Waals surface area (Å²) in [4.78, 5) is 3.12. The van der Waals surface area contributed by atoms with Crippen LogP contribution in [0.5, 0.6) is 0 Å². The number of fused-ring (bicyclic) bond motifs is 1. The highest BCUT2D eigenvalue weighted by molar-refractivity contribution is 5.84. The Labute approximate surface area is 122 Å². The first-order chi connectivity index (χ1) is 9.76. The van der Waals surface area contributed by atoms with Crippen LogP contribution in [0.4, 0.5) is 13.2 Å². The van der Waals surface area contributed by atoms with E-state index in [0.29, 0.717) is 11.3 Å². The van der Waals surface area contributed by atoms with Gasteiger partial charge in [-0.2, -0.15) is 13.2 Å². The Hall–Kier alpha value is -1.45. The zero-order valence-corrected chi connectivity index (χ0v) is 12.3. The molecule has 1 aliphatic carbocycles. The molecule has 1 N–H and O–H groups in total. The predicted molar refractivity (Wildman–Crippen MR) is 78.3 cm³/mol. The first-order valence-corrected chi connectivity index (χ1v) is 7.44. The molecular formula is C17H20F3N. The lowest BCUT2D eigenvalue weighted by Crippen LogP contribution is -2.20. The molecule has 1 nitrogen and oxygen atoms in total. The van der Waals surface area contributed by atoms with E-state index in [2.05, 4.69) is 18.8 Å². The maximum atomic E-state index is 12.9. The molecule has 0 bridgehead atoms. The van der Waals surface area contributed by atoms with Crippen molar-refractivity contribution in [1.82, 2.24) is 4.98 Å². The van der Waals surface area contributed by atoms with Gasteiger partial charge in [-0.25, -0.2) is 0 Å². The fraction of sp³-hybridized carbons (Fsp3) is 0.529. The van der Waals surface area contributed by atoms with E-state index < -0.39 is 11.7 Å². The van der Waals surface area contributed by atoms with Crippen molar-refractivity contribution in [3.05, 3.63) is 35.5 Å². The molecule has 0 atom stereocenters. The topological polar surface area (TPSA) is 15.8 Å². The molecule has 21 heavy (non-hydrogen) atoms.